The molecule has 118 valence electrons. The molecule has 0 saturated carbocycles. The van der Waals surface area contributed by atoms with Gasteiger partial charge >= 0.3 is 12.0 Å². The summed E-state index contributed by atoms with van der Waals surface area (Å²) in [7, 11) is 1.52. The summed E-state index contributed by atoms with van der Waals surface area (Å²) in [6, 6.07) is -0.573. The molecule has 0 spiro atoms. The zero-order valence-electron chi connectivity index (χ0n) is 12.5. The van der Waals surface area contributed by atoms with Gasteiger partial charge in [-0.3, -0.25) is 19.3 Å². The molecule has 0 bridgehead atoms. The van der Waals surface area contributed by atoms with Crippen molar-refractivity contribution in [3.05, 3.63) is 0 Å². The summed E-state index contributed by atoms with van der Waals surface area (Å²) in [5.41, 5.74) is -0.959. The van der Waals surface area contributed by atoms with Crippen molar-refractivity contribution in [3.63, 3.8) is 0 Å². The fraction of sp³-hybridized carbons (Fsp3) is 0.692. The second kappa shape index (κ2) is 6.55. The van der Waals surface area contributed by atoms with E-state index >= 15 is 0 Å². The lowest BCUT2D eigenvalue weighted by Crippen LogP contribution is -2.45. The number of rotatable bonds is 7. The molecule has 0 aromatic heterocycles. The monoisotopic (exact) mass is 299 g/mol. The van der Waals surface area contributed by atoms with Crippen LogP contribution in [0.4, 0.5) is 4.79 Å². The number of aliphatic carboxylic acids is 1. The Balaban J connectivity index is 2.56. The largest absolute Gasteiger partial charge is 0.481 e. The highest BCUT2D eigenvalue weighted by Gasteiger charge is 2.47. The molecule has 8 nitrogen and oxygen atoms in total. The van der Waals surface area contributed by atoms with Crippen molar-refractivity contribution in [3.8, 4) is 0 Å². The molecule has 21 heavy (non-hydrogen) atoms. The number of amides is 4. The van der Waals surface area contributed by atoms with Gasteiger partial charge in [0.15, 0.2) is 0 Å². The molecule has 4 amide bonds. The van der Waals surface area contributed by atoms with E-state index in [1.54, 1.807) is 13.8 Å². The van der Waals surface area contributed by atoms with E-state index in [4.69, 9.17) is 5.11 Å². The molecular weight excluding hydrogens is 278 g/mol. The highest BCUT2D eigenvalue weighted by molar-refractivity contribution is 6.08. The Morgan fingerprint density at radius 2 is 2.00 bits per heavy atom. The molecule has 1 atom stereocenters. The predicted molar refractivity (Wildman–Crippen MR) is 73.4 cm³/mol. The van der Waals surface area contributed by atoms with E-state index in [0.717, 1.165) is 4.90 Å². The fourth-order valence-corrected chi connectivity index (χ4v) is 1.98. The van der Waals surface area contributed by atoms with E-state index in [0.29, 0.717) is 12.8 Å². The molecule has 2 N–H and O–H groups in total. The number of hydrogen-bond acceptors (Lipinski definition) is 4. The second-order valence-electron chi connectivity index (χ2n) is 5.32. The Bertz CT molecular complexity index is 465. The third-order valence-corrected chi connectivity index (χ3v) is 3.66. The SMILES string of the molecule is CCC1(C)NC(=O)N(CC(=O)N(C)CCCC(=O)O)C1=O. The van der Waals surface area contributed by atoms with Crippen molar-refractivity contribution < 1.29 is 24.3 Å². The maximum atomic E-state index is 12.1. The zero-order chi connectivity index (χ0) is 16.2. The number of carbonyl (C=O) groups excluding carboxylic acids is 3. The van der Waals surface area contributed by atoms with Gasteiger partial charge in [-0.25, -0.2) is 4.79 Å². The summed E-state index contributed by atoms with van der Waals surface area (Å²) in [5.74, 6) is -1.74. The number of urea groups is 1. The van der Waals surface area contributed by atoms with Gasteiger partial charge in [0.1, 0.15) is 12.1 Å². The third kappa shape index (κ3) is 3.93. The number of carboxylic acids is 1. The van der Waals surface area contributed by atoms with Crippen LogP contribution in [0.15, 0.2) is 0 Å². The highest BCUT2D eigenvalue weighted by atomic mass is 16.4. The number of imide groups is 1. The fourth-order valence-electron chi connectivity index (χ4n) is 1.98. The summed E-state index contributed by atoms with van der Waals surface area (Å²) < 4.78 is 0. The Kier molecular flexibility index (Phi) is 5.28. The van der Waals surface area contributed by atoms with Gasteiger partial charge < -0.3 is 15.3 Å². The van der Waals surface area contributed by atoms with Crippen LogP contribution in [0.2, 0.25) is 0 Å². The summed E-state index contributed by atoms with van der Waals surface area (Å²) in [5, 5.41) is 11.1. The van der Waals surface area contributed by atoms with Crippen molar-refractivity contribution >= 4 is 23.8 Å². The van der Waals surface area contributed by atoms with Crippen LogP contribution in [0, 0.1) is 0 Å². The molecular formula is C13H21N3O5. The van der Waals surface area contributed by atoms with Gasteiger partial charge in [0.05, 0.1) is 0 Å². The lowest BCUT2D eigenvalue weighted by molar-refractivity contribution is -0.139. The van der Waals surface area contributed by atoms with Crippen molar-refractivity contribution in [1.82, 2.24) is 15.1 Å². The van der Waals surface area contributed by atoms with Crippen molar-refractivity contribution in [2.75, 3.05) is 20.1 Å². The molecule has 0 aromatic rings. The first-order valence-corrected chi connectivity index (χ1v) is 6.81. The number of nitrogens with zero attached hydrogens (tertiary/aromatic N) is 2. The van der Waals surface area contributed by atoms with E-state index in [9.17, 15) is 19.2 Å². The topological polar surface area (TPSA) is 107 Å². The van der Waals surface area contributed by atoms with E-state index in [1.807, 2.05) is 0 Å². The summed E-state index contributed by atoms with van der Waals surface area (Å²) >= 11 is 0. The van der Waals surface area contributed by atoms with Crippen molar-refractivity contribution in [2.24, 2.45) is 0 Å². The minimum absolute atomic E-state index is 0.0331. The minimum atomic E-state index is -0.959. The number of likely N-dealkylation sites (N-methyl/N-ethyl adjacent to an activating group) is 1. The minimum Gasteiger partial charge on any atom is -0.481 e. The van der Waals surface area contributed by atoms with E-state index in [-0.39, 0.29) is 19.5 Å². The van der Waals surface area contributed by atoms with Crippen LogP contribution >= 0.6 is 0 Å². The third-order valence-electron chi connectivity index (χ3n) is 3.66. The van der Waals surface area contributed by atoms with Gasteiger partial charge in [-0.1, -0.05) is 6.92 Å². The molecule has 8 heteroatoms. The summed E-state index contributed by atoms with van der Waals surface area (Å²) in [6.07, 6.45) is 0.732. The molecule has 0 aromatic carbocycles. The van der Waals surface area contributed by atoms with Crippen LogP contribution in [-0.4, -0.2) is 64.4 Å². The van der Waals surface area contributed by atoms with Crippen molar-refractivity contribution in [1.29, 1.82) is 0 Å². The van der Waals surface area contributed by atoms with Gasteiger partial charge in [0, 0.05) is 20.0 Å². The second-order valence-corrected chi connectivity index (χ2v) is 5.32. The van der Waals surface area contributed by atoms with Crippen LogP contribution in [0.3, 0.4) is 0 Å². The maximum absolute atomic E-state index is 12.1. The van der Waals surface area contributed by atoms with E-state index in [2.05, 4.69) is 5.32 Å². The number of hydrogen-bond donors (Lipinski definition) is 2. The highest BCUT2D eigenvalue weighted by Crippen LogP contribution is 2.20. The molecule has 0 radical (unpaired) electrons. The van der Waals surface area contributed by atoms with Crippen LogP contribution in [0.1, 0.15) is 33.1 Å². The van der Waals surface area contributed by atoms with Crippen LogP contribution in [-0.2, 0) is 14.4 Å². The normalized spacial score (nSPS) is 21.4. The lowest BCUT2D eigenvalue weighted by atomic mass is 9.99. The summed E-state index contributed by atoms with van der Waals surface area (Å²) in [4.78, 5) is 48.5. The average Bonchev–Trinajstić information content (AvgIpc) is 2.62. The number of carboxylic acid groups (broad SMARTS) is 1. The Morgan fingerprint density at radius 1 is 1.38 bits per heavy atom. The smallest absolute Gasteiger partial charge is 0.325 e. The maximum Gasteiger partial charge on any atom is 0.325 e. The Morgan fingerprint density at radius 3 is 2.48 bits per heavy atom. The van der Waals surface area contributed by atoms with Gasteiger partial charge in [0.25, 0.3) is 5.91 Å². The lowest BCUT2D eigenvalue weighted by Gasteiger charge is -2.21. The molecule has 1 heterocycles. The number of nitrogens with one attached hydrogen (secondary N) is 1. The van der Waals surface area contributed by atoms with Gasteiger partial charge in [-0.2, -0.15) is 0 Å². The van der Waals surface area contributed by atoms with Crippen molar-refractivity contribution in [2.45, 2.75) is 38.6 Å². The molecule has 1 unspecified atom stereocenters. The number of carbonyl (C=O) groups is 4. The molecule has 1 aliphatic rings. The zero-order valence-corrected chi connectivity index (χ0v) is 12.5. The Labute approximate surface area is 123 Å². The van der Waals surface area contributed by atoms with Crippen LogP contribution in [0.5, 0.6) is 0 Å². The Hall–Kier alpha value is -2.12. The van der Waals surface area contributed by atoms with Gasteiger partial charge in [0.2, 0.25) is 5.91 Å². The molecule has 0 aliphatic carbocycles. The first-order valence-electron chi connectivity index (χ1n) is 6.81. The van der Waals surface area contributed by atoms with Crippen LogP contribution < -0.4 is 5.32 Å². The predicted octanol–water partition coefficient (Wildman–Crippen LogP) is 0.0301. The van der Waals surface area contributed by atoms with Gasteiger partial charge in [-0.05, 0) is 19.8 Å². The molecule has 1 aliphatic heterocycles. The summed E-state index contributed by atoms with van der Waals surface area (Å²) in [6.45, 7) is 3.33. The van der Waals surface area contributed by atoms with Gasteiger partial charge in [-0.15, -0.1) is 0 Å². The van der Waals surface area contributed by atoms with Crippen LogP contribution in [0.25, 0.3) is 0 Å². The van der Waals surface area contributed by atoms with E-state index < -0.39 is 29.4 Å². The standard InChI is InChI=1S/C13H21N3O5/c1-4-13(2)11(20)16(12(21)14-13)8-9(17)15(3)7-5-6-10(18)19/h4-8H2,1-3H3,(H,14,21)(H,18,19). The molecule has 1 fully saturated rings. The first kappa shape index (κ1) is 16.9. The average molecular weight is 299 g/mol. The first-order chi connectivity index (χ1) is 9.71. The quantitative estimate of drug-likeness (QED) is 0.645. The molecule has 1 rings (SSSR count). The molecule has 1 saturated heterocycles. The van der Waals surface area contributed by atoms with E-state index in [1.165, 1.54) is 11.9 Å².